The van der Waals surface area contributed by atoms with Crippen molar-refractivity contribution in [3.63, 3.8) is 0 Å². The van der Waals surface area contributed by atoms with E-state index in [0.29, 0.717) is 46.5 Å². The van der Waals surface area contributed by atoms with Crippen LogP contribution in [0.4, 0.5) is 13.2 Å². The van der Waals surface area contributed by atoms with Gasteiger partial charge in [-0.15, -0.1) is 0 Å². The third kappa shape index (κ3) is 9.19. The number of piperidine rings is 2. The molecule has 8 nitrogen and oxygen atoms in total. The van der Waals surface area contributed by atoms with E-state index in [1.165, 1.54) is 4.57 Å². The number of carbonyl (C=O) groups is 3. The zero-order chi connectivity index (χ0) is 37.9. The van der Waals surface area contributed by atoms with Gasteiger partial charge in [0.15, 0.2) is 11.6 Å². The summed E-state index contributed by atoms with van der Waals surface area (Å²) in [6.45, 7) is 9.98. The highest BCUT2D eigenvalue weighted by Gasteiger charge is 2.34. The second-order valence-corrected chi connectivity index (χ2v) is 14.8. The van der Waals surface area contributed by atoms with E-state index in [4.69, 9.17) is 4.74 Å². The molecule has 11 heteroatoms. The molecule has 0 aliphatic carbocycles. The van der Waals surface area contributed by atoms with Gasteiger partial charge in [-0.05, 0) is 120 Å². The molecule has 2 atom stereocenters. The number of halogens is 3. The Hall–Kier alpha value is -4.48. The lowest BCUT2D eigenvalue weighted by Crippen LogP contribution is -2.46. The predicted octanol–water partition coefficient (Wildman–Crippen LogP) is 7.92. The number of carbonyl (C=O) groups excluding carboxylic acids is 3. The van der Waals surface area contributed by atoms with E-state index in [1.807, 2.05) is 66.9 Å². The van der Waals surface area contributed by atoms with Gasteiger partial charge in [-0.25, -0.2) is 4.79 Å². The summed E-state index contributed by atoms with van der Waals surface area (Å²) in [6, 6.07) is 20.3. The summed E-state index contributed by atoms with van der Waals surface area (Å²) in [4.78, 5) is 44.1. The van der Waals surface area contributed by atoms with Crippen LogP contribution in [-0.4, -0.2) is 81.9 Å². The molecule has 282 valence electrons. The average molecular weight is 731 g/mol. The van der Waals surface area contributed by atoms with E-state index in [1.54, 1.807) is 32.0 Å². The molecule has 0 spiro atoms. The zero-order valence-corrected chi connectivity index (χ0v) is 31.0. The van der Waals surface area contributed by atoms with Crippen LogP contribution < -0.4 is 0 Å². The number of Topliss-reactive ketones (excluding diaryl/α,β-unsaturated/α-hetero) is 2. The molecule has 0 amide bonds. The van der Waals surface area contributed by atoms with Crippen molar-refractivity contribution in [2.75, 3.05) is 39.3 Å². The van der Waals surface area contributed by atoms with Gasteiger partial charge < -0.3 is 13.9 Å². The summed E-state index contributed by atoms with van der Waals surface area (Å²) in [5.74, 6) is 0.325. The molecule has 4 aromatic rings. The van der Waals surface area contributed by atoms with Gasteiger partial charge in [-0.1, -0.05) is 30.3 Å². The number of aryl methyl sites for hydroxylation is 2. The van der Waals surface area contributed by atoms with E-state index >= 15 is 0 Å². The zero-order valence-electron chi connectivity index (χ0n) is 31.0. The molecule has 53 heavy (non-hydrogen) atoms. The van der Waals surface area contributed by atoms with Gasteiger partial charge in [0.05, 0.1) is 18.7 Å². The first-order chi connectivity index (χ1) is 25.3. The van der Waals surface area contributed by atoms with Crippen LogP contribution in [0.15, 0.2) is 66.7 Å². The fourth-order valence-electron chi connectivity index (χ4n) is 8.32. The maximum absolute atomic E-state index is 13.8. The summed E-state index contributed by atoms with van der Waals surface area (Å²) in [7, 11) is 0. The first kappa shape index (κ1) is 38.3. The highest BCUT2D eigenvalue weighted by Crippen LogP contribution is 2.32. The summed E-state index contributed by atoms with van der Waals surface area (Å²) < 4.78 is 48.1. The van der Waals surface area contributed by atoms with E-state index in [-0.39, 0.29) is 24.7 Å². The first-order valence-corrected chi connectivity index (χ1v) is 18.5. The Bertz CT molecular complexity index is 1930. The number of ketones is 2. The van der Waals surface area contributed by atoms with Crippen molar-refractivity contribution in [1.82, 2.24) is 18.9 Å². The van der Waals surface area contributed by atoms with Crippen LogP contribution in [0, 0.1) is 39.5 Å². The molecule has 0 N–H and O–H groups in total. The van der Waals surface area contributed by atoms with Crippen molar-refractivity contribution in [3.8, 4) is 5.69 Å². The molecular weight excluding hydrogens is 681 g/mol. The summed E-state index contributed by atoms with van der Waals surface area (Å²) >= 11 is 0. The fourth-order valence-corrected chi connectivity index (χ4v) is 8.32. The molecule has 4 heterocycles. The molecule has 2 aliphatic rings. The number of esters is 1. The van der Waals surface area contributed by atoms with E-state index in [2.05, 4.69) is 9.80 Å². The average Bonchev–Trinajstić information content (AvgIpc) is 3.59. The third-order valence-electron chi connectivity index (χ3n) is 11.0. The summed E-state index contributed by atoms with van der Waals surface area (Å²) in [6.07, 6.45) is -0.269. The molecule has 2 aliphatic heterocycles. The summed E-state index contributed by atoms with van der Waals surface area (Å²) in [5, 5.41) is 0. The van der Waals surface area contributed by atoms with Crippen LogP contribution in [0.5, 0.6) is 0 Å². The van der Waals surface area contributed by atoms with Crippen LogP contribution in [0.3, 0.4) is 0 Å². The molecule has 0 bridgehead atoms. The monoisotopic (exact) mass is 730 g/mol. The van der Waals surface area contributed by atoms with E-state index in [0.717, 1.165) is 74.5 Å². The van der Waals surface area contributed by atoms with Gasteiger partial charge in [-0.2, -0.15) is 13.2 Å². The largest absolute Gasteiger partial charge is 0.457 e. The van der Waals surface area contributed by atoms with Gasteiger partial charge in [0.2, 0.25) is 0 Å². The van der Waals surface area contributed by atoms with Gasteiger partial charge in [0, 0.05) is 52.7 Å². The van der Waals surface area contributed by atoms with Crippen LogP contribution >= 0.6 is 0 Å². The molecular formula is C42H49F3N4O4. The highest BCUT2D eigenvalue weighted by molar-refractivity contribution is 5.99. The Morgan fingerprint density at radius 1 is 0.736 bits per heavy atom. The molecule has 2 saturated heterocycles. The van der Waals surface area contributed by atoms with Gasteiger partial charge >= 0.3 is 12.1 Å². The van der Waals surface area contributed by atoms with Crippen molar-refractivity contribution in [3.05, 3.63) is 112 Å². The Kier molecular flexibility index (Phi) is 11.7. The number of hydrogen-bond acceptors (Lipinski definition) is 6. The van der Waals surface area contributed by atoms with E-state index < -0.39 is 18.7 Å². The lowest BCUT2D eigenvalue weighted by atomic mass is 9.80. The van der Waals surface area contributed by atoms with Crippen molar-refractivity contribution in [2.45, 2.75) is 72.7 Å². The van der Waals surface area contributed by atoms with Crippen molar-refractivity contribution >= 4 is 17.5 Å². The van der Waals surface area contributed by atoms with Crippen molar-refractivity contribution in [1.29, 1.82) is 0 Å². The first-order valence-electron chi connectivity index (χ1n) is 18.5. The number of aromatic nitrogens is 2. The van der Waals surface area contributed by atoms with Crippen LogP contribution in [0.2, 0.25) is 0 Å². The normalized spacial score (nSPS) is 18.6. The molecule has 2 unspecified atom stereocenters. The quantitative estimate of drug-likeness (QED) is 0.109. The van der Waals surface area contributed by atoms with Crippen molar-refractivity contribution in [2.24, 2.45) is 11.8 Å². The van der Waals surface area contributed by atoms with Gasteiger partial charge in [-0.3, -0.25) is 19.4 Å². The van der Waals surface area contributed by atoms with Crippen LogP contribution in [0.25, 0.3) is 5.69 Å². The number of rotatable bonds is 12. The number of alkyl halides is 3. The third-order valence-corrected chi connectivity index (χ3v) is 11.0. The fraction of sp³-hybridized carbons (Fsp3) is 0.452. The maximum atomic E-state index is 13.8. The van der Waals surface area contributed by atoms with Crippen LogP contribution in [0.1, 0.15) is 85.1 Å². The minimum absolute atomic E-state index is 0.0742. The number of hydrogen-bond donors (Lipinski definition) is 0. The van der Waals surface area contributed by atoms with Gasteiger partial charge in [0.25, 0.3) is 0 Å². The second-order valence-electron chi connectivity index (χ2n) is 14.8. The Morgan fingerprint density at radius 3 is 1.85 bits per heavy atom. The van der Waals surface area contributed by atoms with Crippen LogP contribution in [-0.2, 0) is 17.9 Å². The van der Waals surface area contributed by atoms with Gasteiger partial charge in [0.1, 0.15) is 13.2 Å². The summed E-state index contributed by atoms with van der Waals surface area (Å²) in [5.41, 5.74) is 5.88. The Labute approximate surface area is 309 Å². The van der Waals surface area contributed by atoms with Crippen molar-refractivity contribution < 1.29 is 32.3 Å². The lowest BCUT2D eigenvalue weighted by molar-refractivity contribution is -0.141. The highest BCUT2D eigenvalue weighted by atomic mass is 19.4. The predicted molar refractivity (Wildman–Crippen MR) is 198 cm³/mol. The minimum Gasteiger partial charge on any atom is -0.457 e. The number of benzene rings is 2. The standard InChI is InChI=1S/C42H49F3N4O4/c1-28-20-37(30(3)48(28)27-42(43,44)45)39(50)24-46-18-8-12-34(22-46)35-13-9-19-47(23-35)25-40(51)38-21-29(2)49(31(38)4)36-16-14-33(15-17-36)41(52)53-26-32-10-6-5-7-11-32/h5-7,10-11,14-17,20-21,34-35H,8-9,12-13,18-19,22-27H2,1-4H3. The van der Waals surface area contributed by atoms with E-state index in [9.17, 15) is 27.6 Å². The number of nitrogens with zero attached hydrogens (tertiary/aromatic N) is 4. The molecule has 2 fully saturated rings. The smallest absolute Gasteiger partial charge is 0.406 e. The SMILES string of the molecule is Cc1cc(C(=O)CN2CCCC(C3CCCN(CC(=O)c4cc(C)n(-c5ccc(C(=O)OCc6ccccc6)cc5)c4C)C3)C2)c(C)n1CC(F)(F)F. The molecule has 2 aromatic carbocycles. The number of ether oxygens (including phenoxy) is 1. The Balaban J connectivity index is 1.04. The number of likely N-dealkylation sites (tertiary alicyclic amines) is 2. The molecule has 6 rings (SSSR count). The lowest BCUT2D eigenvalue weighted by Gasteiger charge is -2.41. The second kappa shape index (κ2) is 16.3. The molecule has 2 aromatic heterocycles. The Morgan fingerprint density at radius 2 is 1.28 bits per heavy atom. The maximum Gasteiger partial charge on any atom is 0.406 e. The minimum atomic E-state index is -4.35. The topological polar surface area (TPSA) is 76.8 Å². The molecule has 0 saturated carbocycles. The molecule has 0 radical (unpaired) electrons.